The van der Waals surface area contributed by atoms with Crippen LogP contribution in [0.5, 0.6) is 0 Å². The zero-order valence-corrected chi connectivity index (χ0v) is 10.9. The van der Waals surface area contributed by atoms with Gasteiger partial charge in [-0.05, 0) is 25.8 Å². The van der Waals surface area contributed by atoms with Gasteiger partial charge in [0.2, 0.25) is 5.89 Å². The van der Waals surface area contributed by atoms with Gasteiger partial charge in [0.15, 0.2) is 11.2 Å². The standard InChI is InChI=1S/C12H16F3N3O2/c13-12(14,15)11(3-4-16-7-11)10-17-9(18-20-10)8-1-5-19-6-2-8/h8,16H,1-7H2. The SMILES string of the molecule is FC(F)(F)C1(c2nc(C3CCOCC3)no2)CCNC1. The fourth-order valence-electron chi connectivity index (χ4n) is 2.79. The number of rotatable bonds is 2. The molecule has 0 radical (unpaired) electrons. The summed E-state index contributed by atoms with van der Waals surface area (Å²) in [6.07, 6.45) is -3.02. The maximum Gasteiger partial charge on any atom is 0.404 e. The predicted molar refractivity (Wildman–Crippen MR) is 62.3 cm³/mol. The second-order valence-electron chi connectivity index (χ2n) is 5.35. The van der Waals surface area contributed by atoms with E-state index in [4.69, 9.17) is 9.26 Å². The molecule has 20 heavy (non-hydrogen) atoms. The number of halogens is 3. The van der Waals surface area contributed by atoms with E-state index in [0.717, 1.165) is 12.8 Å². The third-order valence-corrected chi connectivity index (χ3v) is 4.14. The van der Waals surface area contributed by atoms with Gasteiger partial charge in [0.25, 0.3) is 0 Å². The molecule has 1 unspecified atom stereocenters. The van der Waals surface area contributed by atoms with Crippen molar-refractivity contribution in [2.75, 3.05) is 26.3 Å². The van der Waals surface area contributed by atoms with Gasteiger partial charge in [0, 0.05) is 25.7 Å². The normalized spacial score (nSPS) is 28.9. The topological polar surface area (TPSA) is 60.2 Å². The molecular formula is C12H16F3N3O2. The van der Waals surface area contributed by atoms with E-state index in [-0.39, 0.29) is 24.8 Å². The van der Waals surface area contributed by atoms with Crippen LogP contribution in [0.25, 0.3) is 0 Å². The molecule has 0 aliphatic carbocycles. The van der Waals surface area contributed by atoms with Crippen LogP contribution in [0.1, 0.15) is 36.9 Å². The van der Waals surface area contributed by atoms with E-state index >= 15 is 0 Å². The van der Waals surface area contributed by atoms with Crippen LogP contribution in [0, 0.1) is 0 Å². The number of hydrogen-bond donors (Lipinski definition) is 1. The van der Waals surface area contributed by atoms with Gasteiger partial charge in [-0.1, -0.05) is 5.16 Å². The van der Waals surface area contributed by atoms with Crippen LogP contribution in [-0.2, 0) is 10.2 Å². The van der Waals surface area contributed by atoms with E-state index in [2.05, 4.69) is 15.5 Å². The lowest BCUT2D eigenvalue weighted by Crippen LogP contribution is -2.44. The van der Waals surface area contributed by atoms with Crippen molar-refractivity contribution in [1.29, 1.82) is 0 Å². The first-order valence-electron chi connectivity index (χ1n) is 6.72. The quantitative estimate of drug-likeness (QED) is 0.899. The van der Waals surface area contributed by atoms with Crippen LogP contribution in [-0.4, -0.2) is 42.6 Å². The monoisotopic (exact) mass is 291 g/mol. The average molecular weight is 291 g/mol. The Kier molecular flexibility index (Phi) is 3.45. The maximum atomic E-state index is 13.4. The number of nitrogens with one attached hydrogen (secondary N) is 1. The zero-order valence-electron chi connectivity index (χ0n) is 10.9. The fraction of sp³-hybridized carbons (Fsp3) is 0.833. The summed E-state index contributed by atoms with van der Waals surface area (Å²) < 4.78 is 50.3. The molecule has 0 aromatic carbocycles. The fourth-order valence-corrected chi connectivity index (χ4v) is 2.79. The third kappa shape index (κ3) is 2.20. The second-order valence-corrected chi connectivity index (χ2v) is 5.35. The summed E-state index contributed by atoms with van der Waals surface area (Å²) in [6, 6.07) is 0. The highest BCUT2D eigenvalue weighted by Crippen LogP contribution is 2.45. The Bertz CT molecular complexity index is 463. The van der Waals surface area contributed by atoms with Crippen molar-refractivity contribution in [3.63, 3.8) is 0 Å². The number of aromatic nitrogens is 2. The van der Waals surface area contributed by atoms with Crippen molar-refractivity contribution < 1.29 is 22.4 Å². The van der Waals surface area contributed by atoms with E-state index in [1.807, 2.05) is 0 Å². The van der Waals surface area contributed by atoms with Crippen LogP contribution in [0.15, 0.2) is 4.52 Å². The van der Waals surface area contributed by atoms with Crippen LogP contribution in [0.4, 0.5) is 13.2 Å². The summed E-state index contributed by atoms with van der Waals surface area (Å²) in [4.78, 5) is 4.06. The van der Waals surface area contributed by atoms with Crippen LogP contribution < -0.4 is 5.32 Å². The molecule has 0 bridgehead atoms. The van der Waals surface area contributed by atoms with Crippen molar-refractivity contribution in [1.82, 2.24) is 15.5 Å². The molecule has 0 amide bonds. The number of hydrogen-bond acceptors (Lipinski definition) is 5. The first kappa shape index (κ1) is 13.8. The summed E-state index contributed by atoms with van der Waals surface area (Å²) in [5, 5.41) is 6.51. The largest absolute Gasteiger partial charge is 0.404 e. The lowest BCUT2D eigenvalue weighted by atomic mass is 9.86. The highest BCUT2D eigenvalue weighted by molar-refractivity contribution is 5.15. The van der Waals surface area contributed by atoms with Gasteiger partial charge in [0.05, 0.1) is 0 Å². The van der Waals surface area contributed by atoms with Gasteiger partial charge in [-0.15, -0.1) is 0 Å². The van der Waals surface area contributed by atoms with Crippen LogP contribution in [0.2, 0.25) is 0 Å². The highest BCUT2D eigenvalue weighted by Gasteiger charge is 2.61. The van der Waals surface area contributed by atoms with Crippen LogP contribution in [0.3, 0.4) is 0 Å². The van der Waals surface area contributed by atoms with Gasteiger partial charge in [-0.25, -0.2) is 0 Å². The molecule has 1 N–H and O–H groups in total. The Morgan fingerprint density at radius 1 is 1.25 bits per heavy atom. The molecule has 1 aromatic heterocycles. The predicted octanol–water partition coefficient (Wildman–Crippen LogP) is 1.76. The summed E-state index contributed by atoms with van der Waals surface area (Å²) >= 11 is 0. The van der Waals surface area contributed by atoms with Gasteiger partial charge in [-0.3, -0.25) is 0 Å². The minimum absolute atomic E-state index is 0.0286. The third-order valence-electron chi connectivity index (χ3n) is 4.14. The van der Waals surface area contributed by atoms with Gasteiger partial charge >= 0.3 is 6.18 Å². The highest BCUT2D eigenvalue weighted by atomic mass is 19.4. The first-order chi connectivity index (χ1) is 9.53. The Morgan fingerprint density at radius 3 is 2.60 bits per heavy atom. The molecule has 1 atom stereocenters. The van der Waals surface area contributed by atoms with E-state index in [1.165, 1.54) is 0 Å². The first-order valence-corrected chi connectivity index (χ1v) is 6.72. The smallest absolute Gasteiger partial charge is 0.381 e. The molecule has 8 heteroatoms. The lowest BCUT2D eigenvalue weighted by molar-refractivity contribution is -0.191. The molecule has 2 aliphatic heterocycles. The molecule has 0 saturated carbocycles. The second kappa shape index (κ2) is 5.00. The minimum Gasteiger partial charge on any atom is -0.381 e. The van der Waals surface area contributed by atoms with Crippen molar-refractivity contribution in [2.45, 2.75) is 36.8 Å². The van der Waals surface area contributed by atoms with Crippen molar-refractivity contribution in [3.8, 4) is 0 Å². The van der Waals surface area contributed by atoms with Crippen molar-refractivity contribution in [2.24, 2.45) is 0 Å². The summed E-state index contributed by atoms with van der Waals surface area (Å²) in [7, 11) is 0. The summed E-state index contributed by atoms with van der Waals surface area (Å²) in [5.41, 5.74) is -2.04. The molecule has 2 fully saturated rings. The van der Waals surface area contributed by atoms with Crippen LogP contribution >= 0.6 is 0 Å². The van der Waals surface area contributed by atoms with E-state index in [0.29, 0.717) is 25.6 Å². The number of ether oxygens (including phenoxy) is 1. The molecule has 2 saturated heterocycles. The molecule has 3 heterocycles. The lowest BCUT2D eigenvalue weighted by Gasteiger charge is -2.26. The molecule has 2 aliphatic rings. The molecular weight excluding hydrogens is 275 g/mol. The van der Waals surface area contributed by atoms with Crippen molar-refractivity contribution >= 4 is 0 Å². The van der Waals surface area contributed by atoms with Crippen molar-refractivity contribution in [3.05, 3.63) is 11.7 Å². The average Bonchev–Trinajstić information content (AvgIpc) is 3.09. The minimum atomic E-state index is -4.39. The maximum absolute atomic E-state index is 13.4. The molecule has 112 valence electrons. The summed E-state index contributed by atoms with van der Waals surface area (Å²) in [6.45, 7) is 1.27. The van der Waals surface area contributed by atoms with E-state index in [9.17, 15) is 13.2 Å². The van der Waals surface area contributed by atoms with E-state index in [1.54, 1.807) is 0 Å². The molecule has 5 nitrogen and oxygen atoms in total. The molecule has 3 rings (SSSR count). The van der Waals surface area contributed by atoms with Gasteiger partial charge in [0.1, 0.15) is 0 Å². The Hall–Kier alpha value is -1.15. The molecule has 1 aromatic rings. The zero-order chi connectivity index (χ0) is 14.2. The molecule has 0 spiro atoms. The Morgan fingerprint density at radius 2 is 2.00 bits per heavy atom. The Balaban J connectivity index is 1.87. The Labute approximate surface area is 113 Å². The summed E-state index contributed by atoms with van der Waals surface area (Å²) in [5.74, 6) is 0.0937. The van der Waals surface area contributed by atoms with Gasteiger partial charge < -0.3 is 14.6 Å². The number of nitrogens with zero attached hydrogens (tertiary/aromatic N) is 2. The number of alkyl halides is 3. The van der Waals surface area contributed by atoms with Gasteiger partial charge in [-0.2, -0.15) is 18.2 Å². The van der Waals surface area contributed by atoms with E-state index < -0.39 is 11.6 Å².